The molecule has 9 nitrogen and oxygen atoms in total. The number of imidazole rings is 1. The Bertz CT molecular complexity index is 1220. The van der Waals surface area contributed by atoms with Gasteiger partial charge < -0.3 is 24.1 Å². The molecule has 0 aliphatic rings. The lowest BCUT2D eigenvalue weighted by molar-refractivity contribution is -0.150. The number of carbonyl (C=O) groups excluding carboxylic acids is 1. The zero-order chi connectivity index (χ0) is 25.9. The molecule has 0 unspecified atom stereocenters. The summed E-state index contributed by atoms with van der Waals surface area (Å²) in [5.74, 6) is 0.380. The Labute approximate surface area is 205 Å². The standard InChI is InChI=1S/C26H36N4O5/c1-15(2)14-35-26(34)23(18(5)32)27-11-19-7-8-22-21(10-19)28-24(30(22)17(4)13-31)20-9-16(3)25(33)29(6)12-20/h7-10,12,15,17-18,23,27,31-32H,11,13-14H2,1-6H3/t17-,18-,23-/m1/s1. The molecule has 2 heterocycles. The quantitative estimate of drug-likeness (QED) is 0.378. The minimum atomic E-state index is -0.914. The number of pyridine rings is 1. The van der Waals surface area contributed by atoms with Crippen LogP contribution in [0.15, 0.2) is 35.3 Å². The fourth-order valence-electron chi connectivity index (χ4n) is 4.00. The van der Waals surface area contributed by atoms with E-state index in [-0.39, 0.29) is 24.1 Å². The number of aromatic nitrogens is 3. The summed E-state index contributed by atoms with van der Waals surface area (Å²) in [5, 5.41) is 23.1. The molecule has 0 fully saturated rings. The first kappa shape index (κ1) is 26.6. The zero-order valence-corrected chi connectivity index (χ0v) is 21.3. The van der Waals surface area contributed by atoms with Crippen LogP contribution in [0.3, 0.4) is 0 Å². The number of fused-ring (bicyclic) bond motifs is 1. The molecular formula is C26H36N4O5. The summed E-state index contributed by atoms with van der Waals surface area (Å²) in [6.07, 6.45) is 0.831. The highest BCUT2D eigenvalue weighted by Gasteiger charge is 2.25. The molecule has 1 aromatic carbocycles. The summed E-state index contributed by atoms with van der Waals surface area (Å²) in [5.41, 5.74) is 3.77. The molecule has 0 spiro atoms. The molecule has 3 atom stereocenters. The van der Waals surface area contributed by atoms with Gasteiger partial charge in [0.2, 0.25) is 0 Å². The SMILES string of the molecule is Cc1cc(-c2nc3cc(CN[C@@H](C(=O)OCC(C)C)[C@@H](C)O)ccc3n2[C@H](C)CO)cn(C)c1=O. The molecule has 2 aromatic heterocycles. The van der Waals surface area contributed by atoms with Crippen molar-refractivity contribution in [3.8, 4) is 11.4 Å². The smallest absolute Gasteiger partial charge is 0.325 e. The van der Waals surface area contributed by atoms with Crippen molar-refractivity contribution in [1.82, 2.24) is 19.4 Å². The van der Waals surface area contributed by atoms with E-state index in [9.17, 15) is 19.8 Å². The zero-order valence-electron chi connectivity index (χ0n) is 21.3. The summed E-state index contributed by atoms with van der Waals surface area (Å²) in [6.45, 7) is 9.69. The van der Waals surface area contributed by atoms with Crippen molar-refractivity contribution in [2.45, 2.75) is 59.4 Å². The second kappa shape index (κ2) is 11.2. The third kappa shape index (κ3) is 5.98. The normalized spacial score (nSPS) is 14.3. The average molecular weight is 485 g/mol. The van der Waals surface area contributed by atoms with E-state index in [1.165, 1.54) is 4.57 Å². The van der Waals surface area contributed by atoms with Crippen LogP contribution in [0.2, 0.25) is 0 Å². The van der Waals surface area contributed by atoms with Gasteiger partial charge in [-0.05, 0) is 50.5 Å². The van der Waals surface area contributed by atoms with Crippen molar-refractivity contribution in [1.29, 1.82) is 0 Å². The Hall–Kier alpha value is -3.01. The van der Waals surface area contributed by atoms with E-state index in [4.69, 9.17) is 9.72 Å². The van der Waals surface area contributed by atoms with Crippen LogP contribution >= 0.6 is 0 Å². The first-order chi connectivity index (χ1) is 16.5. The van der Waals surface area contributed by atoms with Crippen LogP contribution in [0.4, 0.5) is 0 Å². The maximum absolute atomic E-state index is 12.4. The van der Waals surface area contributed by atoms with E-state index in [1.54, 1.807) is 27.1 Å². The van der Waals surface area contributed by atoms with Gasteiger partial charge in [0.15, 0.2) is 0 Å². The Balaban J connectivity index is 1.94. The van der Waals surface area contributed by atoms with E-state index < -0.39 is 18.1 Å². The molecule has 3 aromatic rings. The number of hydrogen-bond acceptors (Lipinski definition) is 7. The summed E-state index contributed by atoms with van der Waals surface area (Å²) >= 11 is 0. The van der Waals surface area contributed by atoms with E-state index in [1.807, 2.05) is 49.6 Å². The van der Waals surface area contributed by atoms with Gasteiger partial charge in [0.05, 0.1) is 36.4 Å². The second-order valence-electron chi connectivity index (χ2n) is 9.61. The Morgan fingerprint density at radius 3 is 2.51 bits per heavy atom. The Kier molecular flexibility index (Phi) is 8.47. The Morgan fingerprint density at radius 2 is 1.91 bits per heavy atom. The maximum atomic E-state index is 12.4. The van der Waals surface area contributed by atoms with Crippen molar-refractivity contribution in [2.24, 2.45) is 13.0 Å². The molecule has 190 valence electrons. The summed E-state index contributed by atoms with van der Waals surface area (Å²) in [6, 6.07) is 6.50. The second-order valence-corrected chi connectivity index (χ2v) is 9.61. The number of nitrogens with one attached hydrogen (secondary N) is 1. The number of rotatable bonds is 10. The predicted molar refractivity (Wildman–Crippen MR) is 135 cm³/mol. The number of benzene rings is 1. The summed E-state index contributed by atoms with van der Waals surface area (Å²) in [4.78, 5) is 29.4. The van der Waals surface area contributed by atoms with Gasteiger partial charge in [-0.1, -0.05) is 19.9 Å². The van der Waals surface area contributed by atoms with Crippen LogP contribution in [-0.2, 0) is 23.1 Å². The first-order valence-electron chi connectivity index (χ1n) is 11.9. The molecule has 3 N–H and O–H groups in total. The lowest BCUT2D eigenvalue weighted by Gasteiger charge is -2.21. The van der Waals surface area contributed by atoms with Crippen molar-refractivity contribution >= 4 is 17.0 Å². The lowest BCUT2D eigenvalue weighted by Crippen LogP contribution is -2.45. The van der Waals surface area contributed by atoms with Crippen molar-refractivity contribution < 1.29 is 19.7 Å². The molecule has 9 heteroatoms. The third-order valence-corrected chi connectivity index (χ3v) is 5.90. The molecule has 0 aliphatic heterocycles. The number of hydrogen-bond donors (Lipinski definition) is 3. The highest BCUT2D eigenvalue weighted by Crippen LogP contribution is 2.29. The van der Waals surface area contributed by atoms with Gasteiger partial charge in [0.25, 0.3) is 5.56 Å². The number of ether oxygens (including phenoxy) is 1. The van der Waals surface area contributed by atoms with Gasteiger partial charge in [-0.2, -0.15) is 0 Å². The minimum absolute atomic E-state index is 0.0684. The number of aliphatic hydroxyl groups excluding tert-OH is 2. The molecular weight excluding hydrogens is 448 g/mol. The van der Waals surface area contributed by atoms with Gasteiger partial charge in [0.1, 0.15) is 11.9 Å². The van der Waals surface area contributed by atoms with Crippen molar-refractivity contribution in [3.63, 3.8) is 0 Å². The van der Waals surface area contributed by atoms with E-state index in [0.717, 1.165) is 22.2 Å². The van der Waals surface area contributed by atoms with Crippen molar-refractivity contribution in [2.75, 3.05) is 13.2 Å². The van der Waals surface area contributed by atoms with Crippen LogP contribution < -0.4 is 10.9 Å². The van der Waals surface area contributed by atoms with E-state index >= 15 is 0 Å². The molecule has 0 radical (unpaired) electrons. The maximum Gasteiger partial charge on any atom is 0.325 e. The molecule has 3 rings (SSSR count). The Morgan fingerprint density at radius 1 is 1.20 bits per heavy atom. The van der Waals surface area contributed by atoms with Crippen molar-refractivity contribution in [3.05, 3.63) is 51.9 Å². The van der Waals surface area contributed by atoms with Gasteiger partial charge in [0, 0.05) is 30.9 Å². The molecule has 0 bridgehead atoms. The van der Waals surface area contributed by atoms with Crippen LogP contribution in [0.25, 0.3) is 22.4 Å². The average Bonchev–Trinajstić information content (AvgIpc) is 3.19. The number of aliphatic hydroxyl groups is 2. The first-order valence-corrected chi connectivity index (χ1v) is 11.9. The lowest BCUT2D eigenvalue weighted by atomic mass is 10.1. The third-order valence-electron chi connectivity index (χ3n) is 5.90. The highest BCUT2D eigenvalue weighted by molar-refractivity contribution is 5.81. The van der Waals surface area contributed by atoms with Gasteiger partial charge >= 0.3 is 5.97 Å². The van der Waals surface area contributed by atoms with Crippen LogP contribution in [0, 0.1) is 12.8 Å². The molecule has 0 aliphatic carbocycles. The predicted octanol–water partition coefficient (Wildman–Crippen LogP) is 2.30. The number of esters is 1. The fourth-order valence-corrected chi connectivity index (χ4v) is 4.00. The van der Waals surface area contributed by atoms with Crippen LogP contribution in [0.5, 0.6) is 0 Å². The highest BCUT2D eigenvalue weighted by atomic mass is 16.5. The van der Waals surface area contributed by atoms with E-state index in [0.29, 0.717) is 24.5 Å². The van der Waals surface area contributed by atoms with Crippen LogP contribution in [0.1, 0.15) is 44.9 Å². The topological polar surface area (TPSA) is 119 Å². The summed E-state index contributed by atoms with van der Waals surface area (Å²) in [7, 11) is 1.70. The van der Waals surface area contributed by atoms with Gasteiger partial charge in [-0.3, -0.25) is 14.9 Å². The monoisotopic (exact) mass is 484 g/mol. The molecule has 0 saturated heterocycles. The summed E-state index contributed by atoms with van der Waals surface area (Å²) < 4.78 is 8.79. The number of aryl methyl sites for hydroxylation is 2. The minimum Gasteiger partial charge on any atom is -0.464 e. The molecule has 0 amide bonds. The van der Waals surface area contributed by atoms with Gasteiger partial charge in [-0.15, -0.1) is 0 Å². The van der Waals surface area contributed by atoms with Crippen LogP contribution in [-0.4, -0.2) is 55.7 Å². The molecule has 35 heavy (non-hydrogen) atoms. The number of carbonyl (C=O) groups is 1. The largest absolute Gasteiger partial charge is 0.464 e. The van der Waals surface area contributed by atoms with E-state index in [2.05, 4.69) is 5.32 Å². The number of nitrogens with zero attached hydrogens (tertiary/aromatic N) is 3. The van der Waals surface area contributed by atoms with Gasteiger partial charge in [-0.25, -0.2) is 4.98 Å². The molecule has 0 saturated carbocycles. The fraction of sp³-hybridized carbons (Fsp3) is 0.500.